The highest BCUT2D eigenvalue weighted by molar-refractivity contribution is 7.80. The first-order valence-corrected chi connectivity index (χ1v) is 10.8. The molecule has 6 heteroatoms. The number of ether oxygens (including phenoxy) is 1. The number of fused-ring (bicyclic) bond motifs is 1. The van der Waals surface area contributed by atoms with Gasteiger partial charge in [0.25, 0.3) is 5.56 Å². The largest absolute Gasteiger partial charge is 0.376 e. The summed E-state index contributed by atoms with van der Waals surface area (Å²) in [5.74, 6) is 0. The lowest BCUT2D eigenvalue weighted by Crippen LogP contribution is -2.40. The fraction of sp³-hybridized carbons (Fsp3) is 0.333. The van der Waals surface area contributed by atoms with E-state index in [0.29, 0.717) is 23.8 Å². The number of aryl methyl sites for hydroxylation is 2. The Morgan fingerprint density at radius 3 is 2.80 bits per heavy atom. The number of nitrogens with zero attached hydrogens (tertiary/aromatic N) is 1. The molecule has 4 rings (SSSR count). The van der Waals surface area contributed by atoms with E-state index in [1.807, 2.05) is 42.2 Å². The third-order valence-electron chi connectivity index (χ3n) is 5.44. The van der Waals surface area contributed by atoms with E-state index in [-0.39, 0.29) is 11.7 Å². The molecule has 1 aromatic heterocycles. The highest BCUT2D eigenvalue weighted by Gasteiger charge is 2.22. The Bertz CT molecular complexity index is 1120. The van der Waals surface area contributed by atoms with Crippen LogP contribution in [0.5, 0.6) is 0 Å². The van der Waals surface area contributed by atoms with Gasteiger partial charge in [-0.15, -0.1) is 0 Å². The lowest BCUT2D eigenvalue weighted by molar-refractivity contribution is 0.0904. The second-order valence-electron chi connectivity index (χ2n) is 8.03. The number of nitrogens with one attached hydrogen (secondary N) is 2. The molecule has 0 aliphatic carbocycles. The van der Waals surface area contributed by atoms with E-state index in [1.54, 1.807) is 0 Å². The first kappa shape index (κ1) is 20.6. The van der Waals surface area contributed by atoms with Gasteiger partial charge in [0.15, 0.2) is 5.11 Å². The minimum Gasteiger partial charge on any atom is -0.376 e. The summed E-state index contributed by atoms with van der Waals surface area (Å²) in [6.07, 6.45) is 2.20. The predicted molar refractivity (Wildman–Crippen MR) is 126 cm³/mol. The zero-order valence-corrected chi connectivity index (χ0v) is 18.2. The van der Waals surface area contributed by atoms with E-state index >= 15 is 0 Å². The average molecular weight is 422 g/mol. The summed E-state index contributed by atoms with van der Waals surface area (Å²) in [7, 11) is 0. The molecule has 3 aromatic rings. The molecule has 156 valence electrons. The topological polar surface area (TPSA) is 57.4 Å². The summed E-state index contributed by atoms with van der Waals surface area (Å²) < 4.78 is 5.84. The van der Waals surface area contributed by atoms with Crippen LogP contribution in [0.15, 0.2) is 53.3 Å². The number of aromatic amines is 1. The number of rotatable bonds is 5. The van der Waals surface area contributed by atoms with Crippen LogP contribution in [-0.2, 0) is 11.3 Å². The predicted octanol–water partition coefficient (Wildman–Crippen LogP) is 4.52. The Morgan fingerprint density at radius 2 is 2.03 bits per heavy atom. The van der Waals surface area contributed by atoms with Crippen molar-refractivity contribution in [1.82, 2.24) is 9.88 Å². The molecule has 1 fully saturated rings. The Kier molecular flexibility index (Phi) is 6.16. The SMILES string of the molecule is Cc1cccc(NC(=S)N(Cc2cc3ccc(C)cc3[nH]c2=O)C[C@H]2CCCO2)c1. The minimum absolute atomic E-state index is 0.0798. The molecule has 1 saturated heterocycles. The molecule has 2 heterocycles. The third-order valence-corrected chi connectivity index (χ3v) is 5.80. The van der Waals surface area contributed by atoms with E-state index < -0.39 is 0 Å². The molecule has 5 nitrogen and oxygen atoms in total. The van der Waals surface area contributed by atoms with Crippen molar-refractivity contribution in [3.05, 3.63) is 75.6 Å². The zero-order chi connectivity index (χ0) is 21.1. The summed E-state index contributed by atoms with van der Waals surface area (Å²) in [6, 6.07) is 16.2. The molecule has 0 saturated carbocycles. The standard InChI is InChI=1S/C24H27N3O2S/c1-16-5-3-6-20(11-16)25-24(30)27(15-21-7-4-10-29-21)14-19-13-18-9-8-17(2)12-22(18)26-23(19)28/h3,5-6,8-9,11-13,21H,4,7,10,14-15H2,1-2H3,(H,25,30)(H,26,28)/t21-/m1/s1. The molecule has 0 bridgehead atoms. The number of H-pyrrole nitrogens is 1. The van der Waals surface area contributed by atoms with E-state index in [2.05, 4.69) is 35.4 Å². The summed E-state index contributed by atoms with van der Waals surface area (Å²) in [5.41, 5.74) is 4.70. The summed E-state index contributed by atoms with van der Waals surface area (Å²) in [5, 5.41) is 4.95. The van der Waals surface area contributed by atoms with Crippen LogP contribution in [0.3, 0.4) is 0 Å². The van der Waals surface area contributed by atoms with Gasteiger partial charge >= 0.3 is 0 Å². The molecular weight excluding hydrogens is 394 g/mol. The van der Waals surface area contributed by atoms with Crippen molar-refractivity contribution in [2.45, 2.75) is 39.3 Å². The van der Waals surface area contributed by atoms with Gasteiger partial charge in [-0.3, -0.25) is 4.79 Å². The van der Waals surface area contributed by atoms with Gasteiger partial charge in [0.1, 0.15) is 0 Å². The molecule has 0 unspecified atom stereocenters. The maximum absolute atomic E-state index is 12.8. The smallest absolute Gasteiger partial charge is 0.253 e. The minimum atomic E-state index is -0.0798. The Morgan fingerprint density at radius 1 is 1.20 bits per heavy atom. The summed E-state index contributed by atoms with van der Waals surface area (Å²) >= 11 is 5.74. The number of hydrogen-bond donors (Lipinski definition) is 2. The van der Waals surface area contributed by atoms with Gasteiger partial charge in [-0.25, -0.2) is 0 Å². The maximum atomic E-state index is 12.8. The Balaban J connectivity index is 1.59. The number of aromatic nitrogens is 1. The number of benzene rings is 2. The van der Waals surface area contributed by atoms with Crippen molar-refractivity contribution < 1.29 is 4.74 Å². The van der Waals surface area contributed by atoms with Crippen molar-refractivity contribution in [1.29, 1.82) is 0 Å². The van der Waals surface area contributed by atoms with Gasteiger partial charge in [0, 0.05) is 29.9 Å². The van der Waals surface area contributed by atoms with Gasteiger partial charge in [-0.05, 0) is 79.7 Å². The average Bonchev–Trinajstić information content (AvgIpc) is 3.21. The van der Waals surface area contributed by atoms with Crippen molar-refractivity contribution in [2.75, 3.05) is 18.5 Å². The van der Waals surface area contributed by atoms with Gasteiger partial charge in [0.2, 0.25) is 0 Å². The third kappa shape index (κ3) is 4.89. The normalized spacial score (nSPS) is 16.0. The van der Waals surface area contributed by atoms with Crippen LogP contribution in [0.4, 0.5) is 5.69 Å². The molecule has 30 heavy (non-hydrogen) atoms. The molecule has 0 amide bonds. The summed E-state index contributed by atoms with van der Waals surface area (Å²) in [6.45, 7) is 5.94. The van der Waals surface area contributed by atoms with E-state index in [1.165, 1.54) is 0 Å². The molecule has 1 aliphatic rings. The fourth-order valence-corrected chi connectivity index (χ4v) is 4.12. The van der Waals surface area contributed by atoms with Crippen molar-refractivity contribution in [2.24, 2.45) is 0 Å². The lowest BCUT2D eigenvalue weighted by atomic mass is 10.1. The van der Waals surface area contributed by atoms with Crippen LogP contribution in [0.25, 0.3) is 10.9 Å². The molecule has 0 radical (unpaired) electrons. The first-order valence-electron chi connectivity index (χ1n) is 10.3. The molecule has 1 aliphatic heterocycles. The van der Waals surface area contributed by atoms with Crippen molar-refractivity contribution in [3.8, 4) is 0 Å². The van der Waals surface area contributed by atoms with E-state index in [9.17, 15) is 4.79 Å². The zero-order valence-electron chi connectivity index (χ0n) is 17.4. The highest BCUT2D eigenvalue weighted by Crippen LogP contribution is 2.18. The molecular formula is C24H27N3O2S. The lowest BCUT2D eigenvalue weighted by Gasteiger charge is -2.28. The van der Waals surface area contributed by atoms with Crippen LogP contribution in [0.2, 0.25) is 0 Å². The maximum Gasteiger partial charge on any atom is 0.253 e. The second-order valence-corrected chi connectivity index (χ2v) is 8.42. The molecule has 1 atom stereocenters. The van der Waals surface area contributed by atoms with Crippen LogP contribution in [0, 0.1) is 13.8 Å². The monoisotopic (exact) mass is 421 g/mol. The van der Waals surface area contributed by atoms with Crippen LogP contribution >= 0.6 is 12.2 Å². The van der Waals surface area contributed by atoms with Crippen molar-refractivity contribution in [3.63, 3.8) is 0 Å². The van der Waals surface area contributed by atoms with E-state index in [0.717, 1.165) is 47.2 Å². The Labute approximate surface area is 182 Å². The van der Waals surface area contributed by atoms with Crippen LogP contribution in [-0.4, -0.2) is 34.3 Å². The number of anilines is 1. The molecule has 0 spiro atoms. The summed E-state index contributed by atoms with van der Waals surface area (Å²) in [4.78, 5) is 17.8. The van der Waals surface area contributed by atoms with Crippen LogP contribution in [0.1, 0.15) is 29.5 Å². The fourth-order valence-electron chi connectivity index (χ4n) is 3.86. The second kappa shape index (κ2) is 8.98. The number of hydrogen-bond acceptors (Lipinski definition) is 3. The number of pyridine rings is 1. The van der Waals surface area contributed by atoms with Gasteiger partial charge in [-0.1, -0.05) is 24.3 Å². The number of thiocarbonyl (C=S) groups is 1. The van der Waals surface area contributed by atoms with Crippen molar-refractivity contribution >= 4 is 33.9 Å². The quantitative estimate of drug-likeness (QED) is 0.593. The van der Waals surface area contributed by atoms with Gasteiger partial charge in [-0.2, -0.15) is 0 Å². The van der Waals surface area contributed by atoms with Gasteiger partial charge in [0.05, 0.1) is 12.6 Å². The first-order chi connectivity index (χ1) is 14.5. The van der Waals surface area contributed by atoms with E-state index in [4.69, 9.17) is 17.0 Å². The molecule has 2 N–H and O–H groups in total. The Hall–Kier alpha value is -2.70. The van der Waals surface area contributed by atoms with Crippen LogP contribution < -0.4 is 10.9 Å². The molecule has 2 aromatic carbocycles. The van der Waals surface area contributed by atoms with Gasteiger partial charge < -0.3 is 19.9 Å². The highest BCUT2D eigenvalue weighted by atomic mass is 32.1.